The van der Waals surface area contributed by atoms with Gasteiger partial charge in [-0.05, 0) is 25.0 Å². The molecule has 0 spiro atoms. The molecule has 0 radical (unpaired) electrons. The fourth-order valence-electron chi connectivity index (χ4n) is 0.993. The van der Waals surface area contributed by atoms with Gasteiger partial charge >= 0.3 is 0 Å². The van der Waals surface area contributed by atoms with E-state index in [1.165, 1.54) is 6.20 Å². The minimum absolute atomic E-state index is 0.387. The summed E-state index contributed by atoms with van der Waals surface area (Å²) in [5, 5.41) is 0. The topological polar surface area (TPSA) is 38.9 Å². The normalized spacial score (nSPS) is 13.4. The summed E-state index contributed by atoms with van der Waals surface area (Å²) in [7, 11) is 0. The molecule has 2 nitrogen and oxygen atoms in total. The molecule has 0 amide bonds. The van der Waals surface area contributed by atoms with Gasteiger partial charge in [-0.3, -0.25) is 4.98 Å². The molecule has 2 N–H and O–H groups in total. The third-order valence-electron chi connectivity index (χ3n) is 2.02. The second-order valence-electron chi connectivity index (χ2n) is 3.03. The highest BCUT2D eigenvalue weighted by Crippen LogP contribution is 2.18. The molecule has 13 heavy (non-hydrogen) atoms. The smallest absolute Gasteiger partial charge is 0.257 e. The van der Waals surface area contributed by atoms with Crippen molar-refractivity contribution in [3.8, 4) is 0 Å². The van der Waals surface area contributed by atoms with Gasteiger partial charge in [-0.2, -0.15) is 0 Å². The van der Waals surface area contributed by atoms with Crippen molar-refractivity contribution in [2.24, 2.45) is 5.73 Å². The van der Waals surface area contributed by atoms with Gasteiger partial charge in [0, 0.05) is 11.9 Å². The molecule has 1 aromatic rings. The molecule has 1 heterocycles. The van der Waals surface area contributed by atoms with Gasteiger partial charge in [0.15, 0.2) is 0 Å². The molecule has 0 saturated carbocycles. The largest absolute Gasteiger partial charge is 0.319 e. The lowest BCUT2D eigenvalue weighted by atomic mass is 10.1. The Morgan fingerprint density at radius 2 is 2.00 bits per heavy atom. The first-order valence-corrected chi connectivity index (χ1v) is 3.99. The van der Waals surface area contributed by atoms with Gasteiger partial charge in [0.05, 0.1) is 6.04 Å². The van der Waals surface area contributed by atoms with Crippen molar-refractivity contribution in [2.75, 3.05) is 0 Å². The predicted molar refractivity (Wildman–Crippen MR) is 46.6 cm³/mol. The molecule has 0 fully saturated rings. The second-order valence-corrected chi connectivity index (χ2v) is 3.03. The van der Waals surface area contributed by atoms with Crippen molar-refractivity contribution in [1.29, 1.82) is 0 Å². The van der Waals surface area contributed by atoms with E-state index in [1.54, 1.807) is 6.07 Å². The summed E-state index contributed by atoms with van der Waals surface area (Å²) in [6, 6.07) is 0.422. The number of alkyl halides is 2. The molecule has 4 heteroatoms. The SMILES string of the molecule is Cc1cc(C(N)C(F)F)cnc1C. The summed E-state index contributed by atoms with van der Waals surface area (Å²) in [6.07, 6.45) is -1.14. The third kappa shape index (κ3) is 2.21. The zero-order valence-electron chi connectivity index (χ0n) is 7.59. The Kier molecular flexibility index (Phi) is 2.93. The van der Waals surface area contributed by atoms with Crippen LogP contribution in [0.15, 0.2) is 12.3 Å². The Bertz CT molecular complexity index is 300. The van der Waals surface area contributed by atoms with Gasteiger partial charge in [-0.25, -0.2) is 8.78 Å². The van der Waals surface area contributed by atoms with Gasteiger partial charge in [-0.1, -0.05) is 6.07 Å². The zero-order valence-corrected chi connectivity index (χ0v) is 7.59. The maximum absolute atomic E-state index is 12.2. The van der Waals surface area contributed by atoms with E-state index in [9.17, 15) is 8.78 Å². The summed E-state index contributed by atoms with van der Waals surface area (Å²) in [4.78, 5) is 3.97. The number of hydrogen-bond donors (Lipinski definition) is 1. The maximum atomic E-state index is 12.2. The zero-order chi connectivity index (χ0) is 10.0. The van der Waals surface area contributed by atoms with E-state index < -0.39 is 12.5 Å². The van der Waals surface area contributed by atoms with Crippen LogP contribution in [-0.2, 0) is 0 Å². The highest BCUT2D eigenvalue weighted by Gasteiger charge is 2.17. The van der Waals surface area contributed by atoms with Crippen LogP contribution in [-0.4, -0.2) is 11.4 Å². The lowest BCUT2D eigenvalue weighted by molar-refractivity contribution is 0.116. The quantitative estimate of drug-likeness (QED) is 0.766. The average molecular weight is 186 g/mol. The Balaban J connectivity index is 2.97. The van der Waals surface area contributed by atoms with Crippen LogP contribution in [0.4, 0.5) is 8.78 Å². The molecule has 0 aromatic carbocycles. The Hall–Kier alpha value is -1.03. The first-order valence-electron chi connectivity index (χ1n) is 3.99. The molecular weight excluding hydrogens is 174 g/mol. The van der Waals surface area contributed by atoms with Crippen LogP contribution in [0, 0.1) is 13.8 Å². The monoisotopic (exact) mass is 186 g/mol. The number of halogens is 2. The lowest BCUT2D eigenvalue weighted by Crippen LogP contribution is -2.19. The number of nitrogens with zero attached hydrogens (tertiary/aromatic N) is 1. The number of rotatable bonds is 2. The predicted octanol–water partition coefficient (Wildman–Crippen LogP) is 1.96. The second kappa shape index (κ2) is 3.79. The molecule has 1 aromatic heterocycles. The number of aryl methyl sites for hydroxylation is 2. The van der Waals surface area contributed by atoms with E-state index in [0.717, 1.165) is 11.3 Å². The molecule has 1 unspecified atom stereocenters. The summed E-state index contributed by atoms with van der Waals surface area (Å²) < 4.78 is 24.4. The highest BCUT2D eigenvalue weighted by atomic mass is 19.3. The van der Waals surface area contributed by atoms with Crippen LogP contribution >= 0.6 is 0 Å². The third-order valence-corrected chi connectivity index (χ3v) is 2.02. The van der Waals surface area contributed by atoms with Crippen molar-refractivity contribution in [3.63, 3.8) is 0 Å². The van der Waals surface area contributed by atoms with Gasteiger partial charge < -0.3 is 5.73 Å². The molecule has 1 rings (SSSR count). The van der Waals surface area contributed by atoms with E-state index in [-0.39, 0.29) is 0 Å². The van der Waals surface area contributed by atoms with Crippen molar-refractivity contribution in [1.82, 2.24) is 4.98 Å². The number of hydrogen-bond acceptors (Lipinski definition) is 2. The van der Waals surface area contributed by atoms with Crippen LogP contribution in [0.25, 0.3) is 0 Å². The summed E-state index contributed by atoms with van der Waals surface area (Å²) in [6.45, 7) is 3.65. The fourth-order valence-corrected chi connectivity index (χ4v) is 0.993. The number of aromatic nitrogens is 1. The molecule has 0 aliphatic rings. The lowest BCUT2D eigenvalue weighted by Gasteiger charge is -2.11. The molecule has 0 aliphatic carbocycles. The van der Waals surface area contributed by atoms with Crippen LogP contribution in [0.5, 0.6) is 0 Å². The van der Waals surface area contributed by atoms with Crippen LogP contribution < -0.4 is 5.73 Å². The van der Waals surface area contributed by atoms with Crippen molar-refractivity contribution < 1.29 is 8.78 Å². The number of pyridine rings is 1. The summed E-state index contributed by atoms with van der Waals surface area (Å²) in [5.74, 6) is 0. The van der Waals surface area contributed by atoms with Gasteiger partial charge in [-0.15, -0.1) is 0 Å². The highest BCUT2D eigenvalue weighted by molar-refractivity contribution is 5.25. The maximum Gasteiger partial charge on any atom is 0.257 e. The van der Waals surface area contributed by atoms with Crippen LogP contribution in [0.2, 0.25) is 0 Å². The minimum Gasteiger partial charge on any atom is -0.319 e. The molecule has 1 atom stereocenters. The standard InChI is InChI=1S/C9H12F2N2/c1-5-3-7(4-13-6(5)2)8(12)9(10)11/h3-4,8-9H,12H2,1-2H3. The Labute approximate surface area is 75.8 Å². The van der Waals surface area contributed by atoms with Crippen molar-refractivity contribution in [2.45, 2.75) is 26.3 Å². The Morgan fingerprint density at radius 3 is 2.46 bits per heavy atom. The van der Waals surface area contributed by atoms with Crippen molar-refractivity contribution >= 4 is 0 Å². The van der Waals surface area contributed by atoms with E-state index in [4.69, 9.17) is 5.73 Å². The summed E-state index contributed by atoms with van der Waals surface area (Å²) >= 11 is 0. The average Bonchev–Trinajstić information content (AvgIpc) is 2.08. The molecular formula is C9H12F2N2. The molecule has 0 aliphatic heterocycles. The van der Waals surface area contributed by atoms with Crippen LogP contribution in [0.3, 0.4) is 0 Å². The van der Waals surface area contributed by atoms with Gasteiger partial charge in [0.1, 0.15) is 0 Å². The van der Waals surface area contributed by atoms with E-state index >= 15 is 0 Å². The fraction of sp³-hybridized carbons (Fsp3) is 0.444. The van der Waals surface area contributed by atoms with Crippen molar-refractivity contribution in [3.05, 3.63) is 29.1 Å². The Morgan fingerprint density at radius 1 is 1.38 bits per heavy atom. The molecule has 72 valence electrons. The first kappa shape index (κ1) is 10.1. The van der Waals surface area contributed by atoms with Gasteiger partial charge in [0.2, 0.25) is 0 Å². The first-order chi connectivity index (χ1) is 6.02. The van der Waals surface area contributed by atoms with E-state index in [2.05, 4.69) is 4.98 Å². The van der Waals surface area contributed by atoms with Gasteiger partial charge in [0.25, 0.3) is 6.43 Å². The molecule has 0 saturated heterocycles. The van der Waals surface area contributed by atoms with E-state index in [0.29, 0.717) is 5.56 Å². The minimum atomic E-state index is -2.54. The number of nitrogens with two attached hydrogens (primary N) is 1. The summed E-state index contributed by atoms with van der Waals surface area (Å²) in [5.41, 5.74) is 7.37. The van der Waals surface area contributed by atoms with E-state index in [1.807, 2.05) is 13.8 Å². The molecule has 0 bridgehead atoms. The van der Waals surface area contributed by atoms with Crippen LogP contribution in [0.1, 0.15) is 22.9 Å².